The Labute approximate surface area is 159 Å². The molecule has 0 spiro atoms. The third-order valence-corrected chi connectivity index (χ3v) is 6.64. The number of carboxylic acid groups (broad SMARTS) is 1. The van der Waals surface area contributed by atoms with Gasteiger partial charge in [-0.15, -0.1) is 0 Å². The summed E-state index contributed by atoms with van der Waals surface area (Å²) in [5, 5.41) is 8.51. The number of unbranched alkanes of at least 4 members (excludes halogenated alkanes) is 7. The number of aliphatic carboxylic acids is 1. The van der Waals surface area contributed by atoms with E-state index in [0.717, 1.165) is 38.0 Å². The van der Waals surface area contributed by atoms with Gasteiger partial charge in [0.15, 0.2) is 0 Å². The van der Waals surface area contributed by atoms with Crippen LogP contribution in [0.5, 0.6) is 0 Å². The number of carbonyl (C=O) groups is 2. The third kappa shape index (κ3) is 17.6. The van der Waals surface area contributed by atoms with Crippen LogP contribution in [0.1, 0.15) is 64.7 Å². The summed E-state index contributed by atoms with van der Waals surface area (Å²) in [7, 11) is 2.58. The fourth-order valence-corrected chi connectivity index (χ4v) is 4.15. The minimum atomic E-state index is -2.37. The second-order valence-electron chi connectivity index (χ2n) is 5.79. The molecule has 26 heavy (non-hydrogen) atoms. The highest BCUT2D eigenvalue weighted by Crippen LogP contribution is 2.18. The van der Waals surface area contributed by atoms with Gasteiger partial charge in [0.05, 0.1) is 6.26 Å². The van der Waals surface area contributed by atoms with Crippen LogP contribution in [0, 0.1) is 0 Å². The Morgan fingerprint density at radius 2 is 1.31 bits per heavy atom. The Morgan fingerprint density at radius 1 is 0.885 bits per heavy atom. The van der Waals surface area contributed by atoms with Crippen LogP contribution in [0.25, 0.3) is 0 Å². The Bertz CT molecular complexity index is 362. The van der Waals surface area contributed by atoms with E-state index in [1.165, 1.54) is 32.6 Å². The Balaban J connectivity index is 0. The zero-order valence-corrected chi connectivity index (χ0v) is 17.8. The summed E-state index contributed by atoms with van der Waals surface area (Å²) in [6, 6.07) is 0.870. The van der Waals surface area contributed by atoms with Crippen molar-refractivity contribution in [1.29, 1.82) is 0 Å². The normalized spacial score (nSPS) is 10.6. The van der Waals surface area contributed by atoms with Gasteiger partial charge in [0.1, 0.15) is 0 Å². The first kappa shape index (κ1) is 27.0. The van der Waals surface area contributed by atoms with Crippen molar-refractivity contribution in [2.75, 3.05) is 21.3 Å². The highest BCUT2D eigenvalue weighted by molar-refractivity contribution is 6.60. The van der Waals surface area contributed by atoms with Gasteiger partial charge in [-0.2, -0.15) is 0 Å². The average Bonchev–Trinajstić information content (AvgIpc) is 2.60. The predicted molar refractivity (Wildman–Crippen MR) is 103 cm³/mol. The SMILES string of the molecule is C=COC(C)=O.CO[Si](CCCCCCCCCCC(=O)O)(OC)OC. The van der Waals surface area contributed by atoms with Crippen LogP contribution >= 0.6 is 0 Å². The summed E-state index contributed by atoms with van der Waals surface area (Å²) in [6.45, 7) is 4.48. The third-order valence-electron chi connectivity index (χ3n) is 3.81. The van der Waals surface area contributed by atoms with Crippen LogP contribution in [0.15, 0.2) is 12.8 Å². The topological polar surface area (TPSA) is 91.3 Å². The van der Waals surface area contributed by atoms with Crippen molar-refractivity contribution >= 4 is 20.7 Å². The van der Waals surface area contributed by atoms with E-state index in [1.54, 1.807) is 21.3 Å². The average molecular weight is 393 g/mol. The summed E-state index contributed by atoms with van der Waals surface area (Å²) < 4.78 is 20.3. The second-order valence-corrected chi connectivity index (χ2v) is 8.88. The Hall–Kier alpha value is -1.22. The molecule has 0 aliphatic heterocycles. The van der Waals surface area contributed by atoms with Gasteiger partial charge in [-0.05, 0) is 12.8 Å². The van der Waals surface area contributed by atoms with E-state index in [4.69, 9.17) is 18.4 Å². The number of carboxylic acids is 1. The number of ether oxygens (including phenoxy) is 1. The van der Waals surface area contributed by atoms with Gasteiger partial charge >= 0.3 is 20.7 Å². The molecule has 0 unspecified atom stereocenters. The first-order valence-electron chi connectivity index (χ1n) is 9.02. The molecule has 1 N–H and O–H groups in total. The summed E-state index contributed by atoms with van der Waals surface area (Å²) >= 11 is 0. The molecule has 0 aromatic heterocycles. The lowest BCUT2D eigenvalue weighted by molar-refractivity contribution is -0.137. The number of hydrogen-bond donors (Lipinski definition) is 1. The molecule has 0 aliphatic carbocycles. The lowest BCUT2D eigenvalue weighted by Gasteiger charge is -2.24. The van der Waals surface area contributed by atoms with Crippen molar-refractivity contribution in [1.82, 2.24) is 0 Å². The van der Waals surface area contributed by atoms with Crippen molar-refractivity contribution in [3.05, 3.63) is 12.8 Å². The molecule has 0 amide bonds. The number of carbonyl (C=O) groups excluding carboxylic acids is 1. The van der Waals surface area contributed by atoms with E-state index < -0.39 is 14.8 Å². The zero-order valence-electron chi connectivity index (χ0n) is 16.8. The summed E-state index contributed by atoms with van der Waals surface area (Å²) in [5.74, 6) is -1.02. The fraction of sp³-hybridized carbons (Fsp3) is 0.778. The van der Waals surface area contributed by atoms with Gasteiger partial charge in [0.2, 0.25) is 0 Å². The lowest BCUT2D eigenvalue weighted by atomic mass is 10.1. The van der Waals surface area contributed by atoms with Gasteiger partial charge in [0.25, 0.3) is 0 Å². The summed E-state index contributed by atoms with van der Waals surface area (Å²) in [6.07, 6.45) is 10.2. The van der Waals surface area contributed by atoms with E-state index >= 15 is 0 Å². The molecule has 0 rings (SSSR count). The van der Waals surface area contributed by atoms with Crippen molar-refractivity contribution in [2.24, 2.45) is 0 Å². The summed E-state index contributed by atoms with van der Waals surface area (Å²) in [4.78, 5) is 20.1. The first-order valence-corrected chi connectivity index (χ1v) is 11.0. The molecule has 0 aromatic carbocycles. The molecule has 0 fully saturated rings. The molecule has 0 radical (unpaired) electrons. The standard InChI is InChI=1S/C14H30O5Si.C4H6O2/c1-17-20(18-2,19-3)13-11-9-7-5-4-6-8-10-12-14(15)16;1-3-6-4(2)5/h4-13H2,1-3H3,(H,15,16);3H,1H2,2H3. The molecular weight excluding hydrogens is 356 g/mol. The lowest BCUT2D eigenvalue weighted by Crippen LogP contribution is -2.42. The molecule has 154 valence electrons. The van der Waals surface area contributed by atoms with E-state index in [1.807, 2.05) is 0 Å². The number of hydrogen-bond acceptors (Lipinski definition) is 6. The van der Waals surface area contributed by atoms with Crippen LogP contribution in [0.3, 0.4) is 0 Å². The van der Waals surface area contributed by atoms with Crippen molar-refractivity contribution in [3.8, 4) is 0 Å². The highest BCUT2D eigenvalue weighted by atomic mass is 28.4. The maximum absolute atomic E-state index is 10.3. The quantitative estimate of drug-likeness (QED) is 0.194. The van der Waals surface area contributed by atoms with Crippen LogP contribution in [0.2, 0.25) is 6.04 Å². The van der Waals surface area contributed by atoms with E-state index in [0.29, 0.717) is 6.42 Å². The first-order chi connectivity index (χ1) is 12.4. The van der Waals surface area contributed by atoms with E-state index in [9.17, 15) is 9.59 Å². The van der Waals surface area contributed by atoms with Gasteiger partial charge in [-0.25, -0.2) is 0 Å². The van der Waals surface area contributed by atoms with Gasteiger partial charge < -0.3 is 23.1 Å². The molecular formula is C18H36O7Si. The maximum Gasteiger partial charge on any atom is 0.500 e. The van der Waals surface area contributed by atoms with E-state index in [-0.39, 0.29) is 5.97 Å². The van der Waals surface area contributed by atoms with Crippen LogP contribution in [0.4, 0.5) is 0 Å². The molecule has 0 aromatic rings. The Kier molecular flexibility index (Phi) is 19.3. The number of rotatable bonds is 15. The molecule has 0 heterocycles. The molecule has 0 atom stereocenters. The zero-order chi connectivity index (χ0) is 20.3. The molecule has 0 saturated heterocycles. The predicted octanol–water partition coefficient (Wildman–Crippen LogP) is 4.15. The molecule has 0 bridgehead atoms. The van der Waals surface area contributed by atoms with Crippen LogP contribution in [-0.4, -0.2) is 47.2 Å². The van der Waals surface area contributed by atoms with Gasteiger partial charge in [-0.3, -0.25) is 9.59 Å². The van der Waals surface area contributed by atoms with E-state index in [2.05, 4.69) is 11.3 Å². The maximum atomic E-state index is 10.3. The van der Waals surface area contributed by atoms with Crippen molar-refractivity contribution < 1.29 is 32.7 Å². The molecule has 7 nitrogen and oxygen atoms in total. The summed E-state index contributed by atoms with van der Waals surface area (Å²) in [5.41, 5.74) is 0. The molecule has 0 saturated carbocycles. The molecule has 0 aliphatic rings. The largest absolute Gasteiger partial charge is 0.500 e. The van der Waals surface area contributed by atoms with Gasteiger partial charge in [0, 0.05) is 40.7 Å². The minimum absolute atomic E-state index is 0.303. The van der Waals surface area contributed by atoms with Crippen LogP contribution in [-0.2, 0) is 27.6 Å². The van der Waals surface area contributed by atoms with Crippen molar-refractivity contribution in [3.63, 3.8) is 0 Å². The second kappa shape index (κ2) is 18.6. The van der Waals surface area contributed by atoms with Gasteiger partial charge in [-0.1, -0.05) is 45.1 Å². The minimum Gasteiger partial charge on any atom is -0.481 e. The monoisotopic (exact) mass is 392 g/mol. The highest BCUT2D eigenvalue weighted by Gasteiger charge is 2.36. The Morgan fingerprint density at radius 3 is 1.62 bits per heavy atom. The fourth-order valence-electron chi connectivity index (χ4n) is 2.35. The molecule has 8 heteroatoms. The number of esters is 1. The smallest absolute Gasteiger partial charge is 0.481 e. The van der Waals surface area contributed by atoms with Crippen LogP contribution < -0.4 is 0 Å². The van der Waals surface area contributed by atoms with Crippen molar-refractivity contribution in [2.45, 2.75) is 70.8 Å².